The molecule has 7 heteroatoms. The number of fused-ring (bicyclic) bond motifs is 1. The normalized spacial score (nSPS) is 13.7. The summed E-state index contributed by atoms with van der Waals surface area (Å²) in [5.41, 5.74) is 1.06. The summed E-state index contributed by atoms with van der Waals surface area (Å²) in [6.07, 6.45) is 2.18. The van der Waals surface area contributed by atoms with Crippen LogP contribution in [0.4, 0.5) is 0 Å². The van der Waals surface area contributed by atoms with Crippen molar-refractivity contribution in [1.82, 2.24) is 25.4 Å². The third-order valence-corrected chi connectivity index (χ3v) is 4.04. The number of benzene rings is 1. The Kier molecular flexibility index (Phi) is 5.30. The van der Waals surface area contributed by atoms with Gasteiger partial charge in [-0.1, -0.05) is 18.2 Å². The minimum atomic E-state index is 0.553. The van der Waals surface area contributed by atoms with Crippen molar-refractivity contribution in [2.24, 2.45) is 4.99 Å². The predicted octanol–water partition coefficient (Wildman–Crippen LogP) is 1.49. The van der Waals surface area contributed by atoms with E-state index >= 15 is 0 Å². The van der Waals surface area contributed by atoms with Crippen LogP contribution in [-0.4, -0.2) is 34.4 Å². The van der Waals surface area contributed by atoms with Crippen LogP contribution in [0.2, 0.25) is 0 Å². The van der Waals surface area contributed by atoms with Crippen molar-refractivity contribution >= 4 is 5.96 Å². The minimum Gasteiger partial charge on any atom is -0.496 e. The molecule has 1 aliphatic rings. The Morgan fingerprint density at radius 2 is 2.17 bits per heavy atom. The number of ether oxygens (including phenoxy) is 1. The Bertz CT molecular complexity index is 709. The van der Waals surface area contributed by atoms with E-state index in [2.05, 4.69) is 37.3 Å². The first kappa shape index (κ1) is 16.3. The zero-order chi connectivity index (χ0) is 16.8. The second kappa shape index (κ2) is 7.81. The monoisotopic (exact) mass is 328 g/mol. The van der Waals surface area contributed by atoms with Crippen LogP contribution in [0.3, 0.4) is 0 Å². The smallest absolute Gasteiger partial charge is 0.191 e. The van der Waals surface area contributed by atoms with Gasteiger partial charge in [0.1, 0.15) is 11.6 Å². The van der Waals surface area contributed by atoms with E-state index in [1.54, 1.807) is 7.11 Å². The lowest BCUT2D eigenvalue weighted by molar-refractivity contribution is 0.410. The van der Waals surface area contributed by atoms with E-state index in [9.17, 15) is 0 Å². The maximum atomic E-state index is 5.38. The van der Waals surface area contributed by atoms with Gasteiger partial charge in [-0.15, -0.1) is 10.2 Å². The van der Waals surface area contributed by atoms with Crippen molar-refractivity contribution in [1.29, 1.82) is 0 Å². The predicted molar refractivity (Wildman–Crippen MR) is 93.0 cm³/mol. The van der Waals surface area contributed by atoms with E-state index in [-0.39, 0.29) is 0 Å². The molecule has 0 saturated carbocycles. The van der Waals surface area contributed by atoms with Crippen LogP contribution in [-0.2, 0) is 26.1 Å². The van der Waals surface area contributed by atoms with Crippen molar-refractivity contribution < 1.29 is 4.74 Å². The number of para-hydroxylation sites is 1. The summed E-state index contributed by atoms with van der Waals surface area (Å²) < 4.78 is 7.57. The molecule has 128 valence electrons. The topological polar surface area (TPSA) is 76.4 Å². The third-order valence-electron chi connectivity index (χ3n) is 4.04. The molecule has 7 nitrogen and oxygen atoms in total. The zero-order valence-electron chi connectivity index (χ0n) is 14.2. The summed E-state index contributed by atoms with van der Waals surface area (Å²) in [7, 11) is 1.68. The summed E-state index contributed by atoms with van der Waals surface area (Å²) in [4.78, 5) is 4.64. The second-order valence-electron chi connectivity index (χ2n) is 5.65. The van der Waals surface area contributed by atoms with E-state index in [4.69, 9.17) is 4.74 Å². The van der Waals surface area contributed by atoms with Crippen LogP contribution in [0.1, 0.15) is 30.6 Å². The molecule has 0 bridgehead atoms. The van der Waals surface area contributed by atoms with Crippen molar-refractivity contribution in [3.05, 3.63) is 41.5 Å². The van der Waals surface area contributed by atoms with Crippen molar-refractivity contribution in [3.63, 3.8) is 0 Å². The summed E-state index contributed by atoms with van der Waals surface area (Å²) in [6.45, 7) is 5.03. The highest BCUT2D eigenvalue weighted by molar-refractivity contribution is 5.79. The van der Waals surface area contributed by atoms with Crippen LogP contribution < -0.4 is 15.4 Å². The average molecular weight is 328 g/mol. The molecule has 0 spiro atoms. The molecule has 0 unspecified atom stereocenters. The van der Waals surface area contributed by atoms with Crippen LogP contribution in [0.15, 0.2) is 29.3 Å². The molecule has 24 heavy (non-hydrogen) atoms. The third kappa shape index (κ3) is 3.67. The lowest BCUT2D eigenvalue weighted by Gasteiger charge is -2.12. The fourth-order valence-electron chi connectivity index (χ4n) is 2.84. The Morgan fingerprint density at radius 1 is 1.29 bits per heavy atom. The summed E-state index contributed by atoms with van der Waals surface area (Å²) in [5, 5.41) is 15.1. The van der Waals surface area contributed by atoms with Gasteiger partial charge >= 0.3 is 0 Å². The Balaban J connectivity index is 1.65. The molecule has 1 aromatic carbocycles. The number of methoxy groups -OCH3 is 1. The first-order valence-electron chi connectivity index (χ1n) is 8.37. The molecule has 0 aliphatic carbocycles. The maximum Gasteiger partial charge on any atom is 0.191 e. The van der Waals surface area contributed by atoms with Crippen molar-refractivity contribution in [3.8, 4) is 5.75 Å². The highest BCUT2D eigenvalue weighted by atomic mass is 16.5. The van der Waals surface area contributed by atoms with Gasteiger partial charge in [-0.25, -0.2) is 4.99 Å². The van der Waals surface area contributed by atoms with Gasteiger partial charge in [-0.05, 0) is 19.4 Å². The van der Waals surface area contributed by atoms with Gasteiger partial charge in [0.2, 0.25) is 0 Å². The molecular weight excluding hydrogens is 304 g/mol. The number of rotatable bonds is 6. The molecule has 0 amide bonds. The molecule has 0 atom stereocenters. The number of hydrogen-bond donors (Lipinski definition) is 2. The van der Waals surface area contributed by atoms with Crippen LogP contribution in [0, 0.1) is 0 Å². The quantitative estimate of drug-likeness (QED) is 0.621. The Labute approximate surface area is 142 Å². The van der Waals surface area contributed by atoms with E-state index < -0.39 is 0 Å². The first-order chi connectivity index (χ1) is 11.8. The van der Waals surface area contributed by atoms with Gasteiger partial charge in [-0.2, -0.15) is 0 Å². The summed E-state index contributed by atoms with van der Waals surface area (Å²) in [5.74, 6) is 3.67. The molecule has 1 aliphatic heterocycles. The van der Waals surface area contributed by atoms with Gasteiger partial charge < -0.3 is 19.9 Å². The number of hydrogen-bond acceptors (Lipinski definition) is 4. The van der Waals surface area contributed by atoms with Gasteiger partial charge in [0, 0.05) is 25.1 Å². The molecule has 2 aromatic rings. The minimum absolute atomic E-state index is 0.553. The van der Waals surface area contributed by atoms with Crippen LogP contribution >= 0.6 is 0 Å². The van der Waals surface area contributed by atoms with Crippen LogP contribution in [0.25, 0.3) is 0 Å². The highest BCUT2D eigenvalue weighted by Gasteiger charge is 2.17. The SMILES string of the molecule is CCNC(=NCc1ccccc1OC)NCc1nnc2n1CCC2. The molecule has 0 fully saturated rings. The number of aromatic nitrogens is 3. The van der Waals surface area contributed by atoms with Crippen LogP contribution in [0.5, 0.6) is 5.75 Å². The summed E-state index contributed by atoms with van der Waals surface area (Å²) in [6, 6.07) is 7.93. The Hall–Kier alpha value is -2.57. The highest BCUT2D eigenvalue weighted by Crippen LogP contribution is 2.18. The molecule has 0 radical (unpaired) electrons. The number of aliphatic imine (C=N–C) groups is 1. The number of nitrogens with zero attached hydrogens (tertiary/aromatic N) is 4. The molecule has 0 saturated heterocycles. The maximum absolute atomic E-state index is 5.38. The molecule has 3 rings (SSSR count). The Morgan fingerprint density at radius 3 is 3.00 bits per heavy atom. The van der Waals surface area contributed by atoms with E-state index in [1.165, 1.54) is 0 Å². The lowest BCUT2D eigenvalue weighted by atomic mass is 10.2. The summed E-state index contributed by atoms with van der Waals surface area (Å²) >= 11 is 0. The van der Waals surface area contributed by atoms with Gasteiger partial charge in [-0.3, -0.25) is 0 Å². The van der Waals surface area contributed by atoms with E-state index in [1.807, 2.05) is 24.3 Å². The fourth-order valence-corrected chi connectivity index (χ4v) is 2.84. The van der Waals surface area contributed by atoms with Crippen molar-refractivity contribution in [2.45, 2.75) is 39.4 Å². The zero-order valence-corrected chi connectivity index (χ0v) is 14.2. The number of guanidine groups is 1. The first-order valence-corrected chi connectivity index (χ1v) is 8.37. The average Bonchev–Trinajstić information content (AvgIpc) is 3.21. The van der Waals surface area contributed by atoms with Gasteiger partial charge in [0.15, 0.2) is 11.8 Å². The fraction of sp³-hybridized carbons (Fsp3) is 0.471. The number of nitrogens with one attached hydrogen (secondary N) is 2. The largest absolute Gasteiger partial charge is 0.496 e. The standard InChI is InChI=1S/C17H24N6O/c1-3-18-17(19-11-13-7-4-5-8-14(13)24-2)20-12-16-22-21-15-9-6-10-23(15)16/h4-5,7-8H,3,6,9-12H2,1-2H3,(H2,18,19,20). The van der Waals surface area contributed by atoms with E-state index in [0.717, 1.165) is 54.9 Å². The second-order valence-corrected chi connectivity index (χ2v) is 5.65. The molecular formula is C17H24N6O. The van der Waals surface area contributed by atoms with Crippen molar-refractivity contribution in [2.75, 3.05) is 13.7 Å². The number of aryl methyl sites for hydroxylation is 1. The van der Waals surface area contributed by atoms with Gasteiger partial charge in [0.05, 0.1) is 20.2 Å². The molecule has 2 N–H and O–H groups in total. The molecule has 2 heterocycles. The van der Waals surface area contributed by atoms with E-state index in [0.29, 0.717) is 13.1 Å². The molecule has 1 aromatic heterocycles. The lowest BCUT2D eigenvalue weighted by Crippen LogP contribution is -2.37. The van der Waals surface area contributed by atoms with Gasteiger partial charge in [0.25, 0.3) is 0 Å².